The van der Waals surface area contributed by atoms with Crippen molar-refractivity contribution < 1.29 is 18.0 Å². The third-order valence-corrected chi connectivity index (χ3v) is 7.60. The van der Waals surface area contributed by atoms with E-state index in [0.29, 0.717) is 35.2 Å². The molecule has 2 heterocycles. The van der Waals surface area contributed by atoms with Gasteiger partial charge in [0.05, 0.1) is 12.1 Å². The lowest BCUT2D eigenvalue weighted by Crippen LogP contribution is -2.36. The number of sulfonamides is 1. The molecular weight excluding hydrogens is 454 g/mol. The van der Waals surface area contributed by atoms with Crippen LogP contribution in [0.5, 0.6) is 0 Å². The average Bonchev–Trinajstić information content (AvgIpc) is 3.21. The van der Waals surface area contributed by atoms with Gasteiger partial charge in [0.2, 0.25) is 21.8 Å². The Labute approximate surface area is 198 Å². The monoisotopic (exact) mass is 479 g/mol. The standard InChI is InChI=1S/C24H25N5O4S/c1-16-10-17-12-19(14-25)27-24(17)21(11-16)34(32,33)28(2)15-22(30)26-18-6-5-7-20(13-18)29-9-4-3-8-23(29)31/h5-7,10-13,27H,3-4,8-9,15H2,1-2H3,(H,26,30). The molecule has 2 aromatic carbocycles. The third kappa shape index (κ3) is 4.66. The number of aryl methyl sites for hydroxylation is 1. The van der Waals surface area contributed by atoms with Gasteiger partial charge in [0, 0.05) is 36.8 Å². The smallest absolute Gasteiger partial charge is 0.245 e. The number of fused-ring (bicyclic) bond motifs is 1. The number of piperidine rings is 1. The first-order chi connectivity index (χ1) is 16.2. The number of H-pyrrole nitrogens is 1. The van der Waals surface area contributed by atoms with Gasteiger partial charge in [0.25, 0.3) is 0 Å². The van der Waals surface area contributed by atoms with E-state index in [1.807, 2.05) is 12.1 Å². The molecule has 0 saturated carbocycles. The Bertz CT molecular complexity index is 1420. The molecule has 2 N–H and O–H groups in total. The van der Waals surface area contributed by atoms with Gasteiger partial charge in [0.1, 0.15) is 16.7 Å². The zero-order valence-electron chi connectivity index (χ0n) is 19.0. The quantitative estimate of drug-likeness (QED) is 0.562. The minimum atomic E-state index is -4.02. The van der Waals surface area contributed by atoms with E-state index < -0.39 is 22.5 Å². The molecule has 1 saturated heterocycles. The summed E-state index contributed by atoms with van der Waals surface area (Å²) in [7, 11) is -2.69. The molecule has 1 aromatic heterocycles. The molecule has 0 radical (unpaired) electrons. The van der Waals surface area contributed by atoms with Crippen molar-refractivity contribution in [1.29, 1.82) is 5.26 Å². The van der Waals surface area contributed by atoms with E-state index >= 15 is 0 Å². The molecule has 0 unspecified atom stereocenters. The number of aromatic nitrogens is 1. The molecule has 4 rings (SSSR count). The fourth-order valence-electron chi connectivity index (χ4n) is 4.10. The highest BCUT2D eigenvalue weighted by Gasteiger charge is 2.27. The lowest BCUT2D eigenvalue weighted by molar-refractivity contribution is -0.119. The Balaban J connectivity index is 1.52. The van der Waals surface area contributed by atoms with Gasteiger partial charge in [-0.3, -0.25) is 9.59 Å². The summed E-state index contributed by atoms with van der Waals surface area (Å²) in [5.74, 6) is -0.463. The van der Waals surface area contributed by atoms with E-state index in [2.05, 4.69) is 10.3 Å². The summed E-state index contributed by atoms with van der Waals surface area (Å²) in [6, 6.07) is 13.8. The maximum absolute atomic E-state index is 13.3. The second-order valence-corrected chi connectivity index (χ2v) is 10.4. The van der Waals surface area contributed by atoms with Crippen LogP contribution in [0.2, 0.25) is 0 Å². The number of hydrogen-bond acceptors (Lipinski definition) is 5. The molecule has 1 aliphatic heterocycles. The number of hydrogen-bond donors (Lipinski definition) is 2. The van der Waals surface area contributed by atoms with E-state index in [0.717, 1.165) is 22.7 Å². The zero-order valence-corrected chi connectivity index (χ0v) is 19.8. The molecule has 2 amide bonds. The number of nitrogens with one attached hydrogen (secondary N) is 2. The number of likely N-dealkylation sites (N-methyl/N-ethyl adjacent to an activating group) is 1. The van der Waals surface area contributed by atoms with Gasteiger partial charge in [-0.15, -0.1) is 0 Å². The van der Waals surface area contributed by atoms with Crippen LogP contribution in [0.25, 0.3) is 10.9 Å². The summed E-state index contributed by atoms with van der Waals surface area (Å²) in [5.41, 5.74) is 2.48. The lowest BCUT2D eigenvalue weighted by Gasteiger charge is -2.27. The van der Waals surface area contributed by atoms with Crippen LogP contribution in [0.4, 0.5) is 11.4 Å². The van der Waals surface area contributed by atoms with Crippen molar-refractivity contribution in [2.24, 2.45) is 0 Å². The molecule has 0 spiro atoms. The Morgan fingerprint density at radius 2 is 2.03 bits per heavy atom. The van der Waals surface area contributed by atoms with Crippen molar-refractivity contribution in [2.45, 2.75) is 31.1 Å². The van der Waals surface area contributed by atoms with E-state index in [1.165, 1.54) is 13.1 Å². The Hall–Kier alpha value is -3.68. The van der Waals surface area contributed by atoms with Gasteiger partial charge in [-0.1, -0.05) is 6.07 Å². The third-order valence-electron chi connectivity index (χ3n) is 5.78. The SMILES string of the molecule is Cc1cc(S(=O)(=O)N(C)CC(=O)Nc2cccc(N3CCCCC3=O)c2)c2[nH]c(C#N)cc2c1. The number of anilines is 2. The van der Waals surface area contributed by atoms with Crippen molar-refractivity contribution in [3.8, 4) is 6.07 Å². The lowest BCUT2D eigenvalue weighted by atomic mass is 10.1. The highest BCUT2D eigenvalue weighted by atomic mass is 32.2. The van der Waals surface area contributed by atoms with E-state index in [-0.39, 0.29) is 16.5 Å². The second kappa shape index (κ2) is 9.29. The summed E-state index contributed by atoms with van der Waals surface area (Å²) in [6.45, 7) is 2.00. The molecule has 34 heavy (non-hydrogen) atoms. The number of rotatable bonds is 6. The summed E-state index contributed by atoms with van der Waals surface area (Å²) in [5, 5.41) is 12.5. The topological polar surface area (TPSA) is 126 Å². The zero-order chi connectivity index (χ0) is 24.5. The molecule has 0 atom stereocenters. The molecule has 1 aliphatic rings. The second-order valence-electron chi connectivity index (χ2n) is 8.38. The number of nitriles is 1. The summed E-state index contributed by atoms with van der Waals surface area (Å²) >= 11 is 0. The Morgan fingerprint density at radius 3 is 2.76 bits per heavy atom. The van der Waals surface area contributed by atoms with Crippen LogP contribution in [-0.2, 0) is 19.6 Å². The summed E-state index contributed by atoms with van der Waals surface area (Å²) in [6.07, 6.45) is 2.30. The van der Waals surface area contributed by atoms with E-state index in [4.69, 9.17) is 0 Å². The molecule has 0 bridgehead atoms. The van der Waals surface area contributed by atoms with Crippen molar-refractivity contribution in [3.05, 3.63) is 53.7 Å². The molecule has 3 aromatic rings. The van der Waals surface area contributed by atoms with Crippen molar-refractivity contribution in [1.82, 2.24) is 9.29 Å². The van der Waals surface area contributed by atoms with Gasteiger partial charge < -0.3 is 15.2 Å². The maximum Gasteiger partial charge on any atom is 0.245 e. The first-order valence-electron chi connectivity index (χ1n) is 10.9. The highest BCUT2D eigenvalue weighted by Crippen LogP contribution is 2.28. The van der Waals surface area contributed by atoms with Crippen molar-refractivity contribution in [2.75, 3.05) is 30.4 Å². The molecular formula is C24H25N5O4S. The number of carbonyl (C=O) groups is 2. The number of nitrogens with zero attached hydrogens (tertiary/aromatic N) is 3. The predicted molar refractivity (Wildman–Crippen MR) is 129 cm³/mol. The van der Waals surface area contributed by atoms with Crippen LogP contribution in [-0.4, -0.2) is 49.7 Å². The molecule has 10 heteroatoms. The first kappa shape index (κ1) is 23.5. The van der Waals surface area contributed by atoms with Gasteiger partial charge >= 0.3 is 0 Å². The van der Waals surface area contributed by atoms with Crippen LogP contribution < -0.4 is 10.2 Å². The maximum atomic E-state index is 13.3. The molecule has 176 valence electrons. The fourth-order valence-corrected chi connectivity index (χ4v) is 5.49. The number of carbonyl (C=O) groups excluding carboxylic acids is 2. The van der Waals surface area contributed by atoms with Crippen LogP contribution in [0, 0.1) is 18.3 Å². The largest absolute Gasteiger partial charge is 0.345 e. The molecule has 9 nitrogen and oxygen atoms in total. The van der Waals surface area contributed by atoms with Gasteiger partial charge in [-0.05, 0) is 61.7 Å². The van der Waals surface area contributed by atoms with Gasteiger partial charge in [0.15, 0.2) is 0 Å². The summed E-state index contributed by atoms with van der Waals surface area (Å²) < 4.78 is 27.5. The number of benzene rings is 2. The highest BCUT2D eigenvalue weighted by molar-refractivity contribution is 7.89. The normalized spacial score (nSPS) is 14.4. The van der Waals surface area contributed by atoms with Gasteiger partial charge in [-0.2, -0.15) is 9.57 Å². The van der Waals surface area contributed by atoms with Crippen LogP contribution >= 0.6 is 0 Å². The minimum Gasteiger partial charge on any atom is -0.345 e. The Morgan fingerprint density at radius 1 is 1.24 bits per heavy atom. The molecule has 0 aliphatic carbocycles. The van der Waals surface area contributed by atoms with Crippen LogP contribution in [0.3, 0.4) is 0 Å². The first-order valence-corrected chi connectivity index (χ1v) is 12.3. The average molecular weight is 480 g/mol. The van der Waals surface area contributed by atoms with E-state index in [9.17, 15) is 23.3 Å². The summed E-state index contributed by atoms with van der Waals surface area (Å²) in [4.78, 5) is 29.4. The van der Waals surface area contributed by atoms with Gasteiger partial charge in [-0.25, -0.2) is 8.42 Å². The van der Waals surface area contributed by atoms with Crippen LogP contribution in [0.15, 0.2) is 47.4 Å². The number of aromatic amines is 1. The van der Waals surface area contributed by atoms with Crippen molar-refractivity contribution in [3.63, 3.8) is 0 Å². The number of amides is 2. The predicted octanol–water partition coefficient (Wildman–Crippen LogP) is 3.12. The minimum absolute atomic E-state index is 0.00454. The molecule has 1 fully saturated rings. The van der Waals surface area contributed by atoms with E-state index in [1.54, 1.807) is 42.2 Å². The van der Waals surface area contributed by atoms with Crippen LogP contribution in [0.1, 0.15) is 30.5 Å². The van der Waals surface area contributed by atoms with Crippen molar-refractivity contribution >= 4 is 44.1 Å². The Kier molecular flexibility index (Phi) is 6.41. The fraction of sp³-hybridized carbons (Fsp3) is 0.292.